The van der Waals surface area contributed by atoms with E-state index in [4.69, 9.17) is 17.3 Å². The second kappa shape index (κ2) is 7.57. The average Bonchev–Trinajstić information content (AvgIpc) is 2.28. The summed E-state index contributed by atoms with van der Waals surface area (Å²) in [4.78, 5) is 11.7. The average molecular weight is 327 g/mol. The van der Waals surface area contributed by atoms with Gasteiger partial charge in [-0.25, -0.2) is 8.42 Å². The van der Waals surface area contributed by atoms with Gasteiger partial charge in [-0.3, -0.25) is 4.79 Å². The highest BCUT2D eigenvalue weighted by atomic mass is 35.5. The smallest absolute Gasteiger partial charge is 0.252 e. The van der Waals surface area contributed by atoms with Gasteiger partial charge in [0, 0.05) is 18.0 Å². The van der Waals surface area contributed by atoms with E-state index >= 15 is 0 Å². The van der Waals surface area contributed by atoms with Crippen LogP contribution in [-0.2, 0) is 9.84 Å². The highest BCUT2D eigenvalue weighted by Gasteiger charge is 2.12. The van der Waals surface area contributed by atoms with Crippen LogP contribution >= 0.6 is 24.0 Å². The molecule has 0 unspecified atom stereocenters. The van der Waals surface area contributed by atoms with Crippen LogP contribution in [0.4, 0.5) is 5.69 Å². The third kappa shape index (κ3) is 5.67. The summed E-state index contributed by atoms with van der Waals surface area (Å²) in [6.45, 7) is 1.63. The van der Waals surface area contributed by atoms with Gasteiger partial charge in [-0.15, -0.1) is 12.4 Å². The fraction of sp³-hybridized carbons (Fsp3) is 0.364. The van der Waals surface area contributed by atoms with Crippen molar-refractivity contribution in [1.82, 2.24) is 5.32 Å². The van der Waals surface area contributed by atoms with Crippen molar-refractivity contribution in [2.45, 2.75) is 6.92 Å². The number of carbonyl (C=O) groups excluding carboxylic acids is 1. The van der Waals surface area contributed by atoms with E-state index in [2.05, 4.69) is 5.32 Å². The predicted molar refractivity (Wildman–Crippen MR) is 79.8 cm³/mol. The molecular weight excluding hydrogens is 311 g/mol. The maximum atomic E-state index is 11.7. The first kappa shape index (κ1) is 18.0. The zero-order valence-electron chi connectivity index (χ0n) is 10.3. The Labute approximate surface area is 123 Å². The molecule has 1 aromatic carbocycles. The van der Waals surface area contributed by atoms with E-state index in [1.165, 1.54) is 12.1 Å². The number of rotatable bonds is 5. The molecule has 0 aliphatic carbocycles. The van der Waals surface area contributed by atoms with Crippen LogP contribution in [-0.4, -0.2) is 32.4 Å². The molecule has 0 radical (unpaired) electrons. The van der Waals surface area contributed by atoms with Crippen molar-refractivity contribution in [2.24, 2.45) is 0 Å². The molecule has 8 heteroatoms. The van der Waals surface area contributed by atoms with Gasteiger partial charge >= 0.3 is 0 Å². The minimum Gasteiger partial charge on any atom is -0.399 e. The summed E-state index contributed by atoms with van der Waals surface area (Å²) < 4.78 is 22.5. The molecule has 0 bridgehead atoms. The Morgan fingerprint density at radius 1 is 1.42 bits per heavy atom. The zero-order valence-corrected chi connectivity index (χ0v) is 12.7. The van der Waals surface area contributed by atoms with E-state index in [9.17, 15) is 13.2 Å². The lowest BCUT2D eigenvalue weighted by Gasteiger charge is -2.07. The largest absolute Gasteiger partial charge is 0.399 e. The van der Waals surface area contributed by atoms with Gasteiger partial charge in [0.25, 0.3) is 5.91 Å². The number of hydrogen-bond acceptors (Lipinski definition) is 4. The standard InChI is InChI=1S/C11H15ClN2O3S.ClH/c1-2-18(16,17)6-5-14-11(15)9-4-3-8(13)7-10(9)12;/h3-4,7H,2,5-6,13H2,1H3,(H,14,15);1H. The fourth-order valence-electron chi connectivity index (χ4n) is 1.28. The molecule has 108 valence electrons. The summed E-state index contributed by atoms with van der Waals surface area (Å²) in [6, 6.07) is 4.53. The van der Waals surface area contributed by atoms with Gasteiger partial charge in [-0.1, -0.05) is 18.5 Å². The number of anilines is 1. The summed E-state index contributed by atoms with van der Waals surface area (Å²) in [5.74, 6) is -0.431. The maximum absolute atomic E-state index is 11.7. The monoisotopic (exact) mass is 326 g/mol. The van der Waals surface area contributed by atoms with Gasteiger partial charge < -0.3 is 11.1 Å². The number of benzene rings is 1. The topological polar surface area (TPSA) is 89.3 Å². The quantitative estimate of drug-likeness (QED) is 0.802. The van der Waals surface area contributed by atoms with Crippen LogP contribution in [0.2, 0.25) is 5.02 Å². The van der Waals surface area contributed by atoms with Gasteiger partial charge in [0.2, 0.25) is 0 Å². The molecule has 1 amide bonds. The number of sulfone groups is 1. The van der Waals surface area contributed by atoms with Crippen LogP contribution < -0.4 is 11.1 Å². The van der Waals surface area contributed by atoms with Gasteiger partial charge in [0.1, 0.15) is 0 Å². The molecule has 3 N–H and O–H groups in total. The van der Waals surface area contributed by atoms with Crippen molar-refractivity contribution < 1.29 is 13.2 Å². The van der Waals surface area contributed by atoms with Crippen LogP contribution in [0.15, 0.2) is 18.2 Å². The van der Waals surface area contributed by atoms with E-state index in [0.29, 0.717) is 5.69 Å². The number of nitrogens with two attached hydrogens (primary N) is 1. The molecule has 19 heavy (non-hydrogen) atoms. The van der Waals surface area contributed by atoms with E-state index in [1.54, 1.807) is 13.0 Å². The first-order valence-electron chi connectivity index (χ1n) is 5.39. The van der Waals surface area contributed by atoms with Gasteiger partial charge in [-0.2, -0.15) is 0 Å². The van der Waals surface area contributed by atoms with Gasteiger partial charge in [-0.05, 0) is 18.2 Å². The Morgan fingerprint density at radius 2 is 2.05 bits per heavy atom. The van der Waals surface area contributed by atoms with Crippen molar-refractivity contribution in [1.29, 1.82) is 0 Å². The summed E-state index contributed by atoms with van der Waals surface area (Å²) in [5.41, 5.74) is 6.25. The lowest BCUT2D eigenvalue weighted by atomic mass is 10.2. The number of carbonyl (C=O) groups is 1. The molecule has 0 saturated carbocycles. The fourth-order valence-corrected chi connectivity index (χ4v) is 2.25. The van der Waals surface area contributed by atoms with E-state index in [1.807, 2.05) is 0 Å². The Bertz CT molecular complexity index is 547. The lowest BCUT2D eigenvalue weighted by Crippen LogP contribution is -2.29. The van der Waals surface area contributed by atoms with Crippen LogP contribution in [0.3, 0.4) is 0 Å². The number of nitrogen functional groups attached to an aromatic ring is 1. The van der Waals surface area contributed by atoms with Crippen molar-refractivity contribution in [3.8, 4) is 0 Å². The molecular formula is C11H16Cl2N2O3S. The molecule has 0 aliphatic rings. The van der Waals surface area contributed by atoms with Gasteiger partial charge in [0.15, 0.2) is 9.84 Å². The molecule has 0 saturated heterocycles. The minimum atomic E-state index is -3.08. The summed E-state index contributed by atoms with van der Waals surface area (Å²) >= 11 is 5.86. The van der Waals surface area contributed by atoms with Crippen LogP contribution in [0.1, 0.15) is 17.3 Å². The van der Waals surface area contributed by atoms with Gasteiger partial charge in [0.05, 0.1) is 16.3 Å². The predicted octanol–water partition coefficient (Wildman–Crippen LogP) is 1.51. The maximum Gasteiger partial charge on any atom is 0.252 e. The number of nitrogens with one attached hydrogen (secondary N) is 1. The molecule has 1 aromatic rings. The molecule has 0 atom stereocenters. The number of hydrogen-bond donors (Lipinski definition) is 2. The molecule has 0 spiro atoms. The van der Waals surface area contributed by atoms with E-state index in [-0.39, 0.29) is 41.0 Å². The summed E-state index contributed by atoms with van der Waals surface area (Å²) in [7, 11) is -3.08. The van der Waals surface area contributed by atoms with Crippen molar-refractivity contribution in [3.63, 3.8) is 0 Å². The lowest BCUT2D eigenvalue weighted by molar-refractivity contribution is 0.0956. The van der Waals surface area contributed by atoms with Crippen LogP contribution in [0.5, 0.6) is 0 Å². The molecule has 0 heterocycles. The second-order valence-corrected chi connectivity index (χ2v) is 6.61. The Hall–Kier alpha value is -0.980. The van der Waals surface area contributed by atoms with E-state index < -0.39 is 15.7 Å². The summed E-state index contributed by atoms with van der Waals surface area (Å²) in [6.07, 6.45) is 0. The third-order valence-corrected chi connectivity index (χ3v) is 4.39. The minimum absolute atomic E-state index is 0. The first-order chi connectivity index (χ1) is 8.35. The van der Waals surface area contributed by atoms with E-state index in [0.717, 1.165) is 0 Å². The van der Waals surface area contributed by atoms with Crippen LogP contribution in [0.25, 0.3) is 0 Å². The van der Waals surface area contributed by atoms with Crippen LogP contribution in [0, 0.1) is 0 Å². The van der Waals surface area contributed by atoms with Crippen molar-refractivity contribution in [2.75, 3.05) is 23.8 Å². The van der Waals surface area contributed by atoms with Crippen molar-refractivity contribution in [3.05, 3.63) is 28.8 Å². The Morgan fingerprint density at radius 3 is 2.58 bits per heavy atom. The van der Waals surface area contributed by atoms with Crippen molar-refractivity contribution >= 4 is 45.4 Å². The molecule has 5 nitrogen and oxygen atoms in total. The molecule has 0 fully saturated rings. The normalized spacial score (nSPS) is 10.6. The first-order valence-corrected chi connectivity index (χ1v) is 7.59. The molecule has 0 aromatic heterocycles. The Kier molecular flexibility index (Phi) is 7.18. The zero-order chi connectivity index (χ0) is 13.8. The number of halogens is 2. The summed E-state index contributed by atoms with van der Waals surface area (Å²) in [5, 5.41) is 2.75. The second-order valence-electron chi connectivity index (χ2n) is 3.73. The molecule has 1 rings (SSSR count). The number of amides is 1. The third-order valence-electron chi connectivity index (χ3n) is 2.38. The highest BCUT2D eigenvalue weighted by Crippen LogP contribution is 2.18. The SMILES string of the molecule is CCS(=O)(=O)CCNC(=O)c1ccc(N)cc1Cl.Cl. The Balaban J connectivity index is 0.00000324. The highest BCUT2D eigenvalue weighted by molar-refractivity contribution is 7.91. The molecule has 0 aliphatic heterocycles.